The maximum Gasteiger partial charge on any atom is -0.0445 e. The molecule has 0 N–H and O–H groups in total. The minimum absolute atomic E-state index is 0.954. The van der Waals surface area contributed by atoms with Crippen LogP contribution in [0.3, 0.4) is 0 Å². The second kappa shape index (κ2) is 15.0. The van der Waals surface area contributed by atoms with Gasteiger partial charge in [-0.25, -0.2) is 0 Å². The molecule has 2 atom stereocenters. The summed E-state index contributed by atoms with van der Waals surface area (Å²) in [5.74, 6) is 1.91. The third-order valence-corrected chi connectivity index (χ3v) is 3.49. The van der Waals surface area contributed by atoms with Crippen LogP contribution in [0.5, 0.6) is 0 Å². The highest BCUT2D eigenvalue weighted by molar-refractivity contribution is 4.48. The lowest BCUT2D eigenvalue weighted by atomic mass is 10.0. The number of unbranched alkanes of at least 4 members (excludes halogenated alkanes) is 2. The minimum Gasteiger partial charge on any atom is -0.0654 e. The summed E-state index contributed by atoms with van der Waals surface area (Å²) in [6.45, 7) is 13.7. The van der Waals surface area contributed by atoms with Gasteiger partial charge < -0.3 is 0 Å². The van der Waals surface area contributed by atoms with E-state index in [1.54, 1.807) is 0 Å². The van der Waals surface area contributed by atoms with E-state index in [1.807, 2.05) is 0 Å². The van der Waals surface area contributed by atoms with Gasteiger partial charge in [0.2, 0.25) is 0 Å². The molecule has 0 spiro atoms. The fourth-order valence-corrected chi connectivity index (χ4v) is 1.51. The molecule has 0 rings (SSSR count). The van der Waals surface area contributed by atoms with Gasteiger partial charge in [-0.2, -0.15) is 0 Å². The molecule has 100 valence electrons. The van der Waals surface area contributed by atoms with Crippen molar-refractivity contribution in [1.82, 2.24) is 0 Å². The van der Waals surface area contributed by atoms with Crippen molar-refractivity contribution in [3.05, 3.63) is 0 Å². The van der Waals surface area contributed by atoms with E-state index in [4.69, 9.17) is 0 Å². The summed E-state index contributed by atoms with van der Waals surface area (Å²) in [6.07, 6.45) is 11.1. The quantitative estimate of drug-likeness (QED) is 0.448. The first-order valence-electron chi connectivity index (χ1n) is 7.62. The molecular weight excluding hydrogens is 192 g/mol. The van der Waals surface area contributed by atoms with Gasteiger partial charge in [-0.3, -0.25) is 0 Å². The van der Waals surface area contributed by atoms with Gasteiger partial charge in [0.15, 0.2) is 0 Å². The Morgan fingerprint density at radius 3 is 1.12 bits per heavy atom. The molecule has 0 saturated carbocycles. The highest BCUT2D eigenvalue weighted by Crippen LogP contribution is 2.10. The number of hydrogen-bond acceptors (Lipinski definition) is 0. The van der Waals surface area contributed by atoms with Crippen molar-refractivity contribution in [2.75, 3.05) is 0 Å². The third kappa shape index (κ3) is 16.4. The lowest BCUT2D eigenvalue weighted by Gasteiger charge is -2.04. The summed E-state index contributed by atoms with van der Waals surface area (Å²) in [7, 11) is 0. The van der Waals surface area contributed by atoms with Crippen molar-refractivity contribution < 1.29 is 0 Å². The van der Waals surface area contributed by atoms with Gasteiger partial charge in [0.1, 0.15) is 0 Å². The number of hydrogen-bond donors (Lipinski definition) is 0. The third-order valence-electron chi connectivity index (χ3n) is 3.49. The first-order valence-corrected chi connectivity index (χ1v) is 7.62. The molecule has 0 saturated heterocycles. The van der Waals surface area contributed by atoms with Crippen molar-refractivity contribution in [3.8, 4) is 0 Å². The Morgan fingerprint density at radius 1 is 0.625 bits per heavy atom. The van der Waals surface area contributed by atoms with Crippen LogP contribution < -0.4 is 0 Å². The van der Waals surface area contributed by atoms with Crippen molar-refractivity contribution in [2.45, 2.75) is 92.9 Å². The molecule has 0 aliphatic heterocycles. The molecule has 0 bridgehead atoms. The SMILES string of the molecule is CCCCC(C)CC.CCCCC(C)CC. The summed E-state index contributed by atoms with van der Waals surface area (Å²) >= 11 is 0. The maximum absolute atomic E-state index is 2.33. The standard InChI is InChI=1S/2C8H18/c2*1-4-6-7-8(3)5-2/h2*8H,4-7H2,1-3H3. The Bertz CT molecular complexity index is 92.6. The van der Waals surface area contributed by atoms with Crippen LogP contribution in [0.15, 0.2) is 0 Å². The van der Waals surface area contributed by atoms with Crippen LogP contribution in [-0.4, -0.2) is 0 Å². The van der Waals surface area contributed by atoms with E-state index in [0.717, 1.165) is 11.8 Å². The zero-order valence-electron chi connectivity index (χ0n) is 12.8. The molecule has 0 radical (unpaired) electrons. The minimum atomic E-state index is 0.954. The van der Waals surface area contributed by atoms with Crippen LogP contribution >= 0.6 is 0 Å². The highest BCUT2D eigenvalue weighted by Gasteiger charge is 1.95. The van der Waals surface area contributed by atoms with Gasteiger partial charge in [0.25, 0.3) is 0 Å². The normalized spacial score (nSPS) is 13.9. The maximum atomic E-state index is 2.33. The van der Waals surface area contributed by atoms with Crippen LogP contribution in [0.2, 0.25) is 0 Å². The molecule has 0 aromatic carbocycles. The summed E-state index contributed by atoms with van der Waals surface area (Å²) < 4.78 is 0. The smallest absolute Gasteiger partial charge is 0.0445 e. The highest BCUT2D eigenvalue weighted by atomic mass is 14.0. The van der Waals surface area contributed by atoms with Gasteiger partial charge >= 0.3 is 0 Å². The zero-order valence-corrected chi connectivity index (χ0v) is 12.8. The van der Waals surface area contributed by atoms with Crippen molar-refractivity contribution >= 4 is 0 Å². The van der Waals surface area contributed by atoms with E-state index in [9.17, 15) is 0 Å². The Hall–Kier alpha value is 0. The molecule has 0 aromatic heterocycles. The average molecular weight is 228 g/mol. The summed E-state index contributed by atoms with van der Waals surface area (Å²) in [6, 6.07) is 0. The van der Waals surface area contributed by atoms with Crippen molar-refractivity contribution in [3.63, 3.8) is 0 Å². The molecule has 0 aliphatic carbocycles. The molecule has 0 aromatic rings. The lowest BCUT2D eigenvalue weighted by molar-refractivity contribution is 0.492. The predicted molar refractivity (Wildman–Crippen MR) is 78.0 cm³/mol. The van der Waals surface area contributed by atoms with Crippen LogP contribution in [0.1, 0.15) is 92.9 Å². The Kier molecular flexibility index (Phi) is 17.2. The van der Waals surface area contributed by atoms with Crippen LogP contribution in [-0.2, 0) is 0 Å². The fraction of sp³-hybridized carbons (Fsp3) is 1.00. The van der Waals surface area contributed by atoms with Crippen LogP contribution in [0, 0.1) is 11.8 Å². The van der Waals surface area contributed by atoms with E-state index in [1.165, 1.54) is 51.4 Å². The topological polar surface area (TPSA) is 0 Å². The summed E-state index contributed by atoms with van der Waals surface area (Å²) in [5.41, 5.74) is 0. The van der Waals surface area contributed by atoms with Gasteiger partial charge in [-0.1, -0.05) is 92.9 Å². The molecule has 0 heteroatoms. The van der Waals surface area contributed by atoms with Gasteiger partial charge in [-0.15, -0.1) is 0 Å². The first-order chi connectivity index (χ1) is 7.62. The largest absolute Gasteiger partial charge is 0.0654 e. The van der Waals surface area contributed by atoms with Gasteiger partial charge in [0, 0.05) is 0 Å². The van der Waals surface area contributed by atoms with E-state index < -0.39 is 0 Å². The number of rotatable bonds is 8. The second-order valence-electron chi connectivity index (χ2n) is 5.31. The molecule has 0 nitrogen and oxygen atoms in total. The van der Waals surface area contributed by atoms with Crippen LogP contribution in [0.25, 0.3) is 0 Å². The fourth-order valence-electron chi connectivity index (χ4n) is 1.51. The van der Waals surface area contributed by atoms with Gasteiger partial charge in [0.05, 0.1) is 0 Å². The zero-order chi connectivity index (χ0) is 12.8. The predicted octanol–water partition coefficient (Wildman–Crippen LogP) is 6.45. The van der Waals surface area contributed by atoms with Crippen molar-refractivity contribution in [1.29, 1.82) is 0 Å². The molecule has 16 heavy (non-hydrogen) atoms. The first kappa shape index (κ1) is 18.4. The Balaban J connectivity index is 0. The molecule has 0 amide bonds. The Morgan fingerprint density at radius 2 is 0.938 bits per heavy atom. The Labute approximate surface area is 105 Å². The molecule has 0 aliphatic rings. The average Bonchev–Trinajstić information content (AvgIpc) is 2.33. The van der Waals surface area contributed by atoms with Crippen LogP contribution in [0.4, 0.5) is 0 Å². The molecular formula is C16H36. The molecule has 0 fully saturated rings. The molecule has 2 unspecified atom stereocenters. The molecule has 0 heterocycles. The van der Waals surface area contributed by atoms with E-state index in [-0.39, 0.29) is 0 Å². The lowest BCUT2D eigenvalue weighted by Crippen LogP contribution is -1.89. The van der Waals surface area contributed by atoms with E-state index >= 15 is 0 Å². The summed E-state index contributed by atoms with van der Waals surface area (Å²) in [4.78, 5) is 0. The van der Waals surface area contributed by atoms with Crippen molar-refractivity contribution in [2.24, 2.45) is 11.8 Å². The summed E-state index contributed by atoms with van der Waals surface area (Å²) in [5, 5.41) is 0. The monoisotopic (exact) mass is 228 g/mol. The second-order valence-corrected chi connectivity index (χ2v) is 5.31. The van der Waals surface area contributed by atoms with Gasteiger partial charge in [-0.05, 0) is 11.8 Å². The van der Waals surface area contributed by atoms with E-state index in [0.29, 0.717) is 0 Å². The van der Waals surface area contributed by atoms with E-state index in [2.05, 4.69) is 41.5 Å².